The molecule has 0 aliphatic rings. The van der Waals surface area contributed by atoms with Crippen LogP contribution in [0.25, 0.3) is 0 Å². The second kappa shape index (κ2) is 7.09. The van der Waals surface area contributed by atoms with Gasteiger partial charge < -0.3 is 14.3 Å². The van der Waals surface area contributed by atoms with Crippen LogP contribution in [-0.4, -0.2) is 32.6 Å². The summed E-state index contributed by atoms with van der Waals surface area (Å²) in [6.07, 6.45) is 0.827. The van der Waals surface area contributed by atoms with E-state index in [1.165, 1.54) is 0 Å². The van der Waals surface area contributed by atoms with Gasteiger partial charge in [0.15, 0.2) is 8.32 Å². The first kappa shape index (κ1) is 17.7. The first-order chi connectivity index (χ1) is 9.63. The maximum Gasteiger partial charge on any atom is 0.335 e. The van der Waals surface area contributed by atoms with Crippen LogP contribution in [0.5, 0.6) is 5.75 Å². The van der Waals surface area contributed by atoms with E-state index in [0.29, 0.717) is 19.0 Å². The fourth-order valence-electron chi connectivity index (χ4n) is 1.49. The van der Waals surface area contributed by atoms with E-state index < -0.39 is 14.3 Å². The van der Waals surface area contributed by atoms with E-state index in [0.717, 1.165) is 6.42 Å². The van der Waals surface area contributed by atoms with Crippen LogP contribution in [0, 0.1) is 0 Å². The van der Waals surface area contributed by atoms with Gasteiger partial charge in [0.05, 0.1) is 12.2 Å². The number of rotatable bonds is 7. The van der Waals surface area contributed by atoms with Crippen molar-refractivity contribution in [3.63, 3.8) is 0 Å². The number of carboxylic acid groups (broad SMARTS) is 1. The van der Waals surface area contributed by atoms with E-state index in [-0.39, 0.29) is 10.6 Å². The van der Waals surface area contributed by atoms with Crippen molar-refractivity contribution in [3.8, 4) is 5.75 Å². The van der Waals surface area contributed by atoms with E-state index in [4.69, 9.17) is 14.3 Å². The predicted molar refractivity (Wildman–Crippen MR) is 86.7 cm³/mol. The molecule has 0 heterocycles. The Hall–Kier alpha value is -1.33. The van der Waals surface area contributed by atoms with Crippen molar-refractivity contribution in [2.24, 2.45) is 0 Å². The zero-order valence-electron chi connectivity index (χ0n) is 13.6. The Morgan fingerprint density at radius 1 is 1.14 bits per heavy atom. The van der Waals surface area contributed by atoms with Gasteiger partial charge in [0.2, 0.25) is 0 Å². The van der Waals surface area contributed by atoms with E-state index in [1.807, 2.05) is 0 Å². The molecular weight excluding hydrogens is 284 g/mol. The van der Waals surface area contributed by atoms with Crippen molar-refractivity contribution in [1.29, 1.82) is 0 Å². The first-order valence-electron chi connectivity index (χ1n) is 7.23. The van der Waals surface area contributed by atoms with E-state index in [1.54, 1.807) is 24.3 Å². The summed E-state index contributed by atoms with van der Waals surface area (Å²) >= 11 is 0. The van der Waals surface area contributed by atoms with Gasteiger partial charge in [-0.2, -0.15) is 0 Å². The summed E-state index contributed by atoms with van der Waals surface area (Å²) in [5.41, 5.74) is 0.267. The summed E-state index contributed by atoms with van der Waals surface area (Å²) in [5.74, 6) is -0.239. The molecule has 5 heteroatoms. The molecule has 4 nitrogen and oxygen atoms in total. The molecule has 0 unspecified atom stereocenters. The number of aromatic carboxylic acids is 1. The summed E-state index contributed by atoms with van der Waals surface area (Å²) in [6.45, 7) is 12.4. The van der Waals surface area contributed by atoms with Gasteiger partial charge in [-0.25, -0.2) is 4.79 Å². The highest BCUT2D eigenvalue weighted by Gasteiger charge is 2.36. The lowest BCUT2D eigenvalue weighted by Gasteiger charge is -2.36. The molecule has 0 aromatic heterocycles. The quantitative estimate of drug-likeness (QED) is 0.606. The van der Waals surface area contributed by atoms with Crippen molar-refractivity contribution < 1.29 is 19.1 Å². The molecule has 1 N–H and O–H groups in total. The van der Waals surface area contributed by atoms with Crippen molar-refractivity contribution in [2.75, 3.05) is 13.2 Å². The lowest BCUT2D eigenvalue weighted by Crippen LogP contribution is -2.41. The minimum atomic E-state index is -1.68. The zero-order chi connectivity index (χ0) is 16.1. The second-order valence-electron chi connectivity index (χ2n) is 6.64. The van der Waals surface area contributed by atoms with Gasteiger partial charge in [0.25, 0.3) is 0 Å². The molecule has 0 fully saturated rings. The number of hydrogen-bond donors (Lipinski definition) is 1. The molecular formula is C16H26O4Si. The van der Waals surface area contributed by atoms with E-state index in [2.05, 4.69) is 33.9 Å². The minimum Gasteiger partial charge on any atom is -0.494 e. The SMILES string of the molecule is CC(C)(C)[Si](C)(C)OCCCOc1ccc(C(=O)O)cc1. The fourth-order valence-corrected chi connectivity index (χ4v) is 2.57. The number of ether oxygens (including phenoxy) is 1. The molecule has 0 saturated heterocycles. The molecule has 0 radical (unpaired) electrons. The minimum absolute atomic E-state index is 0.223. The third kappa shape index (κ3) is 5.51. The van der Waals surface area contributed by atoms with Crippen molar-refractivity contribution in [1.82, 2.24) is 0 Å². The molecule has 1 aromatic rings. The Morgan fingerprint density at radius 2 is 1.71 bits per heavy atom. The molecule has 118 valence electrons. The van der Waals surface area contributed by atoms with Crippen LogP contribution in [0.15, 0.2) is 24.3 Å². The monoisotopic (exact) mass is 310 g/mol. The predicted octanol–water partition coefficient (Wildman–Crippen LogP) is 4.18. The summed E-state index contributed by atoms with van der Waals surface area (Å²) in [6, 6.07) is 6.45. The second-order valence-corrected chi connectivity index (χ2v) is 11.4. The maximum absolute atomic E-state index is 10.7. The zero-order valence-corrected chi connectivity index (χ0v) is 14.6. The van der Waals surface area contributed by atoms with Gasteiger partial charge in [-0.3, -0.25) is 0 Å². The molecule has 21 heavy (non-hydrogen) atoms. The Labute approximate surface area is 128 Å². The lowest BCUT2D eigenvalue weighted by atomic mass is 10.2. The van der Waals surface area contributed by atoms with Gasteiger partial charge >= 0.3 is 5.97 Å². The molecule has 0 aliphatic heterocycles. The third-order valence-corrected chi connectivity index (χ3v) is 8.47. The van der Waals surface area contributed by atoms with Crippen LogP contribution >= 0.6 is 0 Å². The first-order valence-corrected chi connectivity index (χ1v) is 10.1. The van der Waals surface area contributed by atoms with Crippen LogP contribution in [-0.2, 0) is 4.43 Å². The number of hydrogen-bond acceptors (Lipinski definition) is 3. The standard InChI is InChI=1S/C16H26O4Si/c1-16(2,3)21(4,5)20-12-6-11-19-14-9-7-13(8-10-14)15(17)18/h7-10H,6,11-12H2,1-5H3,(H,17,18). The van der Waals surface area contributed by atoms with Crippen molar-refractivity contribution in [2.45, 2.75) is 45.3 Å². The topological polar surface area (TPSA) is 55.8 Å². The highest BCUT2D eigenvalue weighted by atomic mass is 28.4. The molecule has 0 amide bonds. The van der Waals surface area contributed by atoms with Crippen LogP contribution in [0.4, 0.5) is 0 Å². The van der Waals surface area contributed by atoms with Gasteiger partial charge in [0, 0.05) is 13.0 Å². The van der Waals surface area contributed by atoms with Crippen LogP contribution in [0.3, 0.4) is 0 Å². The molecule has 0 spiro atoms. The Bertz CT molecular complexity index is 460. The lowest BCUT2D eigenvalue weighted by molar-refractivity contribution is 0.0697. The summed E-state index contributed by atoms with van der Waals surface area (Å²) < 4.78 is 11.6. The Morgan fingerprint density at radius 3 is 2.19 bits per heavy atom. The van der Waals surface area contributed by atoms with Gasteiger partial charge in [-0.05, 0) is 42.4 Å². The highest BCUT2D eigenvalue weighted by Crippen LogP contribution is 2.36. The normalized spacial score (nSPS) is 12.2. The van der Waals surface area contributed by atoms with Crippen LogP contribution in [0.1, 0.15) is 37.6 Å². The van der Waals surface area contributed by atoms with Crippen LogP contribution < -0.4 is 4.74 Å². The number of carboxylic acids is 1. The number of benzene rings is 1. The third-order valence-electron chi connectivity index (χ3n) is 3.93. The van der Waals surface area contributed by atoms with E-state index in [9.17, 15) is 4.79 Å². The molecule has 1 aromatic carbocycles. The van der Waals surface area contributed by atoms with Gasteiger partial charge in [-0.15, -0.1) is 0 Å². The average molecular weight is 310 g/mol. The average Bonchev–Trinajstić information content (AvgIpc) is 2.37. The van der Waals surface area contributed by atoms with Crippen molar-refractivity contribution >= 4 is 14.3 Å². The Kier molecular flexibility index (Phi) is 5.98. The van der Waals surface area contributed by atoms with Crippen LogP contribution in [0.2, 0.25) is 18.1 Å². The van der Waals surface area contributed by atoms with E-state index >= 15 is 0 Å². The molecule has 0 bridgehead atoms. The Balaban J connectivity index is 2.30. The molecule has 1 rings (SSSR count). The molecule has 0 aliphatic carbocycles. The largest absolute Gasteiger partial charge is 0.494 e. The molecule has 0 saturated carbocycles. The smallest absolute Gasteiger partial charge is 0.335 e. The molecule has 0 atom stereocenters. The number of carbonyl (C=O) groups is 1. The highest BCUT2D eigenvalue weighted by molar-refractivity contribution is 6.74. The van der Waals surface area contributed by atoms with Gasteiger partial charge in [0.1, 0.15) is 5.75 Å². The maximum atomic E-state index is 10.7. The fraction of sp³-hybridized carbons (Fsp3) is 0.562. The summed E-state index contributed by atoms with van der Waals surface area (Å²) in [7, 11) is -1.68. The van der Waals surface area contributed by atoms with Gasteiger partial charge in [-0.1, -0.05) is 20.8 Å². The van der Waals surface area contributed by atoms with Crippen molar-refractivity contribution in [3.05, 3.63) is 29.8 Å². The summed E-state index contributed by atoms with van der Waals surface area (Å²) in [4.78, 5) is 10.7. The summed E-state index contributed by atoms with van der Waals surface area (Å²) in [5, 5.41) is 9.03.